The van der Waals surface area contributed by atoms with Crippen LogP contribution in [-0.2, 0) is 10.2 Å². The summed E-state index contributed by atoms with van der Waals surface area (Å²) in [5.74, 6) is 1.22. The molecule has 0 N–H and O–H groups in total. The Morgan fingerprint density at radius 1 is 0.821 bits per heavy atom. The third-order valence-corrected chi connectivity index (χ3v) is 8.16. The molecule has 5 rings (SSSR count). The van der Waals surface area contributed by atoms with E-state index in [4.69, 9.17) is 0 Å². The lowest BCUT2D eigenvalue weighted by molar-refractivity contribution is -0.117. The van der Waals surface area contributed by atoms with E-state index in [9.17, 15) is 4.79 Å². The third-order valence-electron chi connectivity index (χ3n) is 6.37. The highest BCUT2D eigenvalue weighted by molar-refractivity contribution is 8.02. The molecule has 1 spiro atoms. The molecule has 0 radical (unpaired) electrons. The second kappa shape index (κ2) is 6.52. The van der Waals surface area contributed by atoms with Gasteiger partial charge in [-0.3, -0.25) is 9.69 Å². The molecule has 3 aromatic rings. The van der Waals surface area contributed by atoms with Crippen LogP contribution in [0.5, 0.6) is 0 Å². The zero-order chi connectivity index (χ0) is 19.2. The second-order valence-corrected chi connectivity index (χ2v) is 8.98. The van der Waals surface area contributed by atoms with E-state index in [2.05, 4.69) is 84.6 Å². The Balaban J connectivity index is 1.76. The van der Waals surface area contributed by atoms with E-state index in [0.29, 0.717) is 6.42 Å². The van der Waals surface area contributed by atoms with Crippen LogP contribution in [-0.4, -0.2) is 16.5 Å². The predicted octanol–water partition coefficient (Wildman–Crippen LogP) is 5.55. The van der Waals surface area contributed by atoms with Gasteiger partial charge in [0.25, 0.3) is 0 Å². The summed E-state index contributed by atoms with van der Waals surface area (Å²) in [6, 6.07) is 29.8. The quantitative estimate of drug-likeness (QED) is 0.589. The van der Waals surface area contributed by atoms with Gasteiger partial charge in [0, 0.05) is 17.9 Å². The largest absolute Gasteiger partial charge is 0.296 e. The Hall–Kier alpha value is -2.52. The lowest BCUT2D eigenvalue weighted by Crippen LogP contribution is -2.67. The molecule has 0 aromatic heterocycles. The van der Waals surface area contributed by atoms with Crippen LogP contribution in [0.1, 0.15) is 29.5 Å². The van der Waals surface area contributed by atoms with Gasteiger partial charge in [-0.2, -0.15) is 0 Å². The molecule has 2 nitrogen and oxygen atoms in total. The van der Waals surface area contributed by atoms with Gasteiger partial charge >= 0.3 is 0 Å². The SMILES string of the molecule is Cc1ccccc1N1C(=O)CCC12SCC2(c1ccccc1)c1ccccc1. The molecule has 0 aliphatic carbocycles. The van der Waals surface area contributed by atoms with Crippen LogP contribution in [0.2, 0.25) is 0 Å². The van der Waals surface area contributed by atoms with E-state index >= 15 is 0 Å². The minimum absolute atomic E-state index is 0.200. The number of amides is 1. The van der Waals surface area contributed by atoms with E-state index < -0.39 is 0 Å². The maximum Gasteiger partial charge on any atom is 0.228 e. The van der Waals surface area contributed by atoms with Gasteiger partial charge in [-0.15, -0.1) is 11.8 Å². The van der Waals surface area contributed by atoms with Crippen LogP contribution in [0, 0.1) is 6.92 Å². The molecule has 28 heavy (non-hydrogen) atoms. The first-order chi connectivity index (χ1) is 13.7. The second-order valence-electron chi connectivity index (χ2n) is 7.73. The maximum absolute atomic E-state index is 13.2. The summed E-state index contributed by atoms with van der Waals surface area (Å²) >= 11 is 1.93. The number of benzene rings is 3. The van der Waals surface area contributed by atoms with E-state index in [1.165, 1.54) is 11.1 Å². The van der Waals surface area contributed by atoms with Crippen LogP contribution >= 0.6 is 11.8 Å². The number of hydrogen-bond donors (Lipinski definition) is 0. The third kappa shape index (κ3) is 2.26. The summed E-state index contributed by atoms with van der Waals surface area (Å²) in [7, 11) is 0. The lowest BCUT2D eigenvalue weighted by atomic mass is 9.67. The van der Waals surface area contributed by atoms with Crippen LogP contribution in [0.3, 0.4) is 0 Å². The Morgan fingerprint density at radius 3 is 1.93 bits per heavy atom. The van der Waals surface area contributed by atoms with Crippen molar-refractivity contribution in [3.63, 3.8) is 0 Å². The van der Waals surface area contributed by atoms with Gasteiger partial charge in [-0.05, 0) is 36.1 Å². The number of aryl methyl sites for hydroxylation is 1. The molecule has 140 valence electrons. The predicted molar refractivity (Wildman–Crippen MR) is 117 cm³/mol. The summed E-state index contributed by atoms with van der Waals surface area (Å²) in [4.78, 5) is 15.0. The van der Waals surface area contributed by atoms with Gasteiger partial charge in [0.15, 0.2) is 0 Å². The fourth-order valence-corrected chi connectivity index (χ4v) is 6.91. The Bertz CT molecular complexity index is 977. The van der Waals surface area contributed by atoms with Crippen molar-refractivity contribution in [1.82, 2.24) is 0 Å². The molecule has 2 aliphatic rings. The Kier molecular flexibility index (Phi) is 4.09. The van der Waals surface area contributed by atoms with Crippen molar-refractivity contribution in [2.75, 3.05) is 10.7 Å². The van der Waals surface area contributed by atoms with Crippen molar-refractivity contribution in [2.45, 2.75) is 30.1 Å². The van der Waals surface area contributed by atoms with Crippen LogP contribution in [0.25, 0.3) is 0 Å². The molecule has 0 saturated carbocycles. The molecule has 2 aliphatic heterocycles. The normalized spacial score (nSPS) is 23.0. The zero-order valence-electron chi connectivity index (χ0n) is 16.0. The number of rotatable bonds is 3. The van der Waals surface area contributed by atoms with Crippen molar-refractivity contribution in [3.05, 3.63) is 102 Å². The minimum Gasteiger partial charge on any atom is -0.296 e. The number of carbonyl (C=O) groups is 1. The summed E-state index contributed by atoms with van der Waals surface area (Å²) < 4.78 is 0. The molecular weight excluding hydrogens is 362 g/mol. The van der Waals surface area contributed by atoms with Gasteiger partial charge in [0.2, 0.25) is 5.91 Å². The summed E-state index contributed by atoms with van der Waals surface area (Å²) in [5.41, 5.74) is 4.60. The topological polar surface area (TPSA) is 20.3 Å². The molecule has 2 saturated heterocycles. The van der Waals surface area contributed by atoms with Gasteiger partial charge in [-0.25, -0.2) is 0 Å². The molecule has 1 atom stereocenters. The monoisotopic (exact) mass is 385 g/mol. The molecule has 3 heteroatoms. The highest BCUT2D eigenvalue weighted by Gasteiger charge is 2.68. The molecule has 1 unspecified atom stereocenters. The number of nitrogens with zero attached hydrogens (tertiary/aromatic N) is 1. The number of thioether (sulfide) groups is 1. The van der Waals surface area contributed by atoms with Crippen molar-refractivity contribution in [1.29, 1.82) is 0 Å². The van der Waals surface area contributed by atoms with Gasteiger partial charge in [0.05, 0.1) is 5.41 Å². The van der Waals surface area contributed by atoms with Crippen molar-refractivity contribution >= 4 is 23.4 Å². The van der Waals surface area contributed by atoms with Crippen LogP contribution < -0.4 is 4.90 Å². The molecular formula is C25H23NOS. The molecule has 3 aromatic carbocycles. The average molecular weight is 386 g/mol. The molecule has 2 heterocycles. The average Bonchev–Trinajstić information content (AvgIpc) is 3.09. The zero-order valence-corrected chi connectivity index (χ0v) is 16.8. The van der Waals surface area contributed by atoms with E-state index in [-0.39, 0.29) is 16.2 Å². The summed E-state index contributed by atoms with van der Waals surface area (Å²) in [6.07, 6.45) is 1.47. The van der Waals surface area contributed by atoms with Crippen LogP contribution in [0.15, 0.2) is 84.9 Å². The molecule has 1 amide bonds. The maximum atomic E-state index is 13.2. The number of para-hydroxylation sites is 1. The van der Waals surface area contributed by atoms with Crippen molar-refractivity contribution in [3.8, 4) is 0 Å². The van der Waals surface area contributed by atoms with Crippen LogP contribution in [0.4, 0.5) is 5.69 Å². The Labute approximate surface area is 170 Å². The number of anilines is 1. The van der Waals surface area contributed by atoms with Gasteiger partial charge in [-0.1, -0.05) is 78.9 Å². The van der Waals surface area contributed by atoms with E-state index in [0.717, 1.165) is 23.4 Å². The first-order valence-corrected chi connectivity index (χ1v) is 10.8. The standard InChI is InChI=1S/C25H23NOS/c1-19-10-8-9-15-22(19)26-23(27)16-17-25(26)24(18-28-25,20-11-4-2-5-12-20)21-13-6-3-7-14-21/h2-15H,16-18H2,1H3. The first kappa shape index (κ1) is 17.6. The Morgan fingerprint density at radius 2 is 1.39 bits per heavy atom. The van der Waals surface area contributed by atoms with E-state index in [1.807, 2.05) is 23.9 Å². The smallest absolute Gasteiger partial charge is 0.228 e. The number of hydrogen-bond acceptors (Lipinski definition) is 2. The fraction of sp³-hybridized carbons (Fsp3) is 0.240. The highest BCUT2D eigenvalue weighted by atomic mass is 32.2. The molecule has 2 fully saturated rings. The van der Waals surface area contributed by atoms with Gasteiger partial charge < -0.3 is 0 Å². The summed E-state index contributed by atoms with van der Waals surface area (Å²) in [5, 5.41) is 0. The molecule has 0 bridgehead atoms. The minimum atomic E-state index is -0.279. The first-order valence-electron chi connectivity index (χ1n) is 9.83. The van der Waals surface area contributed by atoms with Crippen molar-refractivity contribution in [2.24, 2.45) is 0 Å². The van der Waals surface area contributed by atoms with Crippen molar-refractivity contribution < 1.29 is 4.79 Å². The lowest BCUT2D eigenvalue weighted by Gasteiger charge is -2.61. The summed E-state index contributed by atoms with van der Waals surface area (Å²) in [6.45, 7) is 2.10. The van der Waals surface area contributed by atoms with Gasteiger partial charge in [0.1, 0.15) is 4.87 Å². The van der Waals surface area contributed by atoms with E-state index in [1.54, 1.807) is 0 Å². The number of carbonyl (C=O) groups excluding carboxylic acids is 1. The fourth-order valence-electron chi connectivity index (χ4n) is 5.00. The highest BCUT2D eigenvalue weighted by Crippen LogP contribution is 2.66.